The van der Waals surface area contributed by atoms with Crippen molar-refractivity contribution in [2.24, 2.45) is 0 Å². The van der Waals surface area contributed by atoms with Gasteiger partial charge in [0.05, 0.1) is 6.04 Å². The minimum Gasteiger partial charge on any atom is -0.480 e. The minimum absolute atomic E-state index is 0.180. The van der Waals surface area contributed by atoms with Crippen molar-refractivity contribution in [1.29, 1.82) is 0 Å². The highest BCUT2D eigenvalue weighted by Gasteiger charge is 2.25. The molecule has 1 unspecified atom stereocenters. The van der Waals surface area contributed by atoms with Crippen molar-refractivity contribution in [2.45, 2.75) is 51.1 Å². The molecule has 0 saturated carbocycles. The van der Waals surface area contributed by atoms with Gasteiger partial charge in [0.15, 0.2) is 0 Å². The SMILES string of the molecule is CCCC(NC(=O)[C@@H]1CCCCN1)C(=O)O. The fraction of sp³-hybridized carbons (Fsp3) is 0.818. The zero-order valence-electron chi connectivity index (χ0n) is 9.66. The molecule has 2 atom stereocenters. The Bertz CT molecular complexity index is 250. The van der Waals surface area contributed by atoms with Crippen LogP contribution in [-0.4, -0.2) is 35.6 Å². The van der Waals surface area contributed by atoms with Gasteiger partial charge in [-0.25, -0.2) is 4.79 Å². The summed E-state index contributed by atoms with van der Waals surface area (Å²) >= 11 is 0. The molecule has 1 aliphatic heterocycles. The first-order valence-electron chi connectivity index (χ1n) is 5.91. The second-order valence-corrected chi connectivity index (χ2v) is 4.19. The summed E-state index contributed by atoms with van der Waals surface area (Å²) in [4.78, 5) is 22.6. The molecule has 92 valence electrons. The highest BCUT2D eigenvalue weighted by atomic mass is 16.4. The van der Waals surface area contributed by atoms with Crippen LogP contribution in [0.5, 0.6) is 0 Å². The van der Waals surface area contributed by atoms with E-state index in [1.54, 1.807) is 0 Å². The Morgan fingerprint density at radius 1 is 1.50 bits per heavy atom. The Hall–Kier alpha value is -1.10. The number of piperidine rings is 1. The average molecular weight is 228 g/mol. The number of carbonyl (C=O) groups excluding carboxylic acids is 1. The fourth-order valence-corrected chi connectivity index (χ4v) is 1.89. The van der Waals surface area contributed by atoms with E-state index in [2.05, 4.69) is 10.6 Å². The van der Waals surface area contributed by atoms with E-state index in [1.165, 1.54) is 0 Å². The van der Waals surface area contributed by atoms with E-state index in [0.717, 1.165) is 32.2 Å². The number of carbonyl (C=O) groups is 2. The molecule has 0 aromatic heterocycles. The van der Waals surface area contributed by atoms with Crippen LogP contribution in [-0.2, 0) is 9.59 Å². The Morgan fingerprint density at radius 2 is 2.25 bits per heavy atom. The average Bonchev–Trinajstić information content (AvgIpc) is 2.29. The number of carboxylic acids is 1. The number of rotatable bonds is 5. The minimum atomic E-state index is -0.953. The van der Waals surface area contributed by atoms with Crippen LogP contribution in [0.15, 0.2) is 0 Å². The molecular formula is C11H20N2O3. The van der Waals surface area contributed by atoms with Gasteiger partial charge in [-0.05, 0) is 25.8 Å². The zero-order chi connectivity index (χ0) is 12.0. The molecule has 3 N–H and O–H groups in total. The lowest BCUT2D eigenvalue weighted by molar-refractivity contribution is -0.142. The van der Waals surface area contributed by atoms with Crippen LogP contribution in [0.3, 0.4) is 0 Å². The van der Waals surface area contributed by atoms with Crippen molar-refractivity contribution in [3.63, 3.8) is 0 Å². The maximum Gasteiger partial charge on any atom is 0.326 e. The van der Waals surface area contributed by atoms with Crippen LogP contribution < -0.4 is 10.6 Å². The fourth-order valence-electron chi connectivity index (χ4n) is 1.89. The van der Waals surface area contributed by atoms with E-state index in [1.807, 2.05) is 6.92 Å². The molecule has 0 aromatic rings. The Labute approximate surface area is 95.6 Å². The van der Waals surface area contributed by atoms with E-state index in [0.29, 0.717) is 6.42 Å². The van der Waals surface area contributed by atoms with E-state index in [4.69, 9.17) is 5.11 Å². The normalized spacial score (nSPS) is 22.4. The molecule has 1 rings (SSSR count). The molecule has 1 heterocycles. The number of aliphatic carboxylic acids is 1. The van der Waals surface area contributed by atoms with Crippen LogP contribution in [0.1, 0.15) is 39.0 Å². The van der Waals surface area contributed by atoms with Crippen LogP contribution in [0, 0.1) is 0 Å². The summed E-state index contributed by atoms with van der Waals surface area (Å²) in [7, 11) is 0. The van der Waals surface area contributed by atoms with Crippen LogP contribution in [0.4, 0.5) is 0 Å². The first kappa shape index (κ1) is 13.0. The summed E-state index contributed by atoms with van der Waals surface area (Å²) in [5.41, 5.74) is 0. The third-order valence-electron chi connectivity index (χ3n) is 2.82. The molecule has 1 amide bonds. The predicted molar refractivity (Wildman–Crippen MR) is 60.1 cm³/mol. The standard InChI is InChI=1S/C11H20N2O3/c1-2-5-9(11(15)16)13-10(14)8-6-3-4-7-12-8/h8-9,12H,2-7H2,1H3,(H,13,14)(H,15,16)/t8-,9?/m0/s1. The molecule has 1 saturated heterocycles. The van der Waals surface area contributed by atoms with Gasteiger partial charge in [0, 0.05) is 0 Å². The van der Waals surface area contributed by atoms with E-state index in [-0.39, 0.29) is 11.9 Å². The first-order valence-corrected chi connectivity index (χ1v) is 5.91. The molecule has 1 fully saturated rings. The van der Waals surface area contributed by atoms with Crippen molar-refractivity contribution in [3.05, 3.63) is 0 Å². The maximum absolute atomic E-state index is 11.8. The van der Waals surface area contributed by atoms with Gasteiger partial charge < -0.3 is 15.7 Å². The number of hydrogen-bond donors (Lipinski definition) is 3. The maximum atomic E-state index is 11.8. The number of amides is 1. The van der Waals surface area contributed by atoms with E-state index in [9.17, 15) is 9.59 Å². The lowest BCUT2D eigenvalue weighted by Crippen LogP contribution is -2.51. The highest BCUT2D eigenvalue weighted by molar-refractivity contribution is 5.86. The lowest BCUT2D eigenvalue weighted by Gasteiger charge is -2.24. The van der Waals surface area contributed by atoms with Gasteiger partial charge in [-0.1, -0.05) is 19.8 Å². The first-order chi connectivity index (χ1) is 7.65. The third-order valence-corrected chi connectivity index (χ3v) is 2.82. The summed E-state index contributed by atoms with van der Waals surface area (Å²) in [5, 5.41) is 14.6. The molecule has 0 aliphatic carbocycles. The molecule has 5 heteroatoms. The second kappa shape index (κ2) is 6.48. The zero-order valence-corrected chi connectivity index (χ0v) is 9.66. The monoisotopic (exact) mass is 228 g/mol. The van der Waals surface area contributed by atoms with Gasteiger partial charge in [0.1, 0.15) is 6.04 Å². The molecule has 16 heavy (non-hydrogen) atoms. The van der Waals surface area contributed by atoms with E-state index >= 15 is 0 Å². The van der Waals surface area contributed by atoms with Gasteiger partial charge in [-0.3, -0.25) is 4.79 Å². The number of nitrogens with one attached hydrogen (secondary N) is 2. The Morgan fingerprint density at radius 3 is 2.75 bits per heavy atom. The Balaban J connectivity index is 2.43. The summed E-state index contributed by atoms with van der Waals surface area (Å²) in [6.07, 6.45) is 4.13. The van der Waals surface area contributed by atoms with Gasteiger partial charge in [-0.15, -0.1) is 0 Å². The van der Waals surface area contributed by atoms with E-state index < -0.39 is 12.0 Å². The van der Waals surface area contributed by atoms with Crippen molar-refractivity contribution < 1.29 is 14.7 Å². The smallest absolute Gasteiger partial charge is 0.326 e. The highest BCUT2D eigenvalue weighted by Crippen LogP contribution is 2.07. The lowest BCUT2D eigenvalue weighted by atomic mass is 10.0. The molecule has 0 bridgehead atoms. The van der Waals surface area contributed by atoms with Crippen LogP contribution >= 0.6 is 0 Å². The summed E-state index contributed by atoms with van der Waals surface area (Å²) in [5.74, 6) is -1.13. The molecule has 5 nitrogen and oxygen atoms in total. The number of hydrogen-bond acceptors (Lipinski definition) is 3. The van der Waals surface area contributed by atoms with Gasteiger partial charge in [-0.2, -0.15) is 0 Å². The molecular weight excluding hydrogens is 208 g/mol. The van der Waals surface area contributed by atoms with Crippen molar-refractivity contribution in [3.8, 4) is 0 Å². The predicted octanol–water partition coefficient (Wildman–Crippen LogP) is 0.498. The second-order valence-electron chi connectivity index (χ2n) is 4.19. The summed E-state index contributed by atoms with van der Waals surface area (Å²) in [6.45, 7) is 2.74. The Kier molecular flexibility index (Phi) is 5.25. The third kappa shape index (κ3) is 3.81. The molecule has 1 aliphatic rings. The van der Waals surface area contributed by atoms with Crippen molar-refractivity contribution in [2.75, 3.05) is 6.54 Å². The van der Waals surface area contributed by atoms with Gasteiger partial charge >= 0.3 is 5.97 Å². The number of carboxylic acid groups (broad SMARTS) is 1. The summed E-state index contributed by atoms with van der Waals surface area (Å²) < 4.78 is 0. The van der Waals surface area contributed by atoms with Crippen molar-refractivity contribution in [1.82, 2.24) is 10.6 Å². The molecule has 0 aromatic carbocycles. The topological polar surface area (TPSA) is 78.4 Å². The van der Waals surface area contributed by atoms with Gasteiger partial charge in [0.2, 0.25) is 5.91 Å². The van der Waals surface area contributed by atoms with Crippen LogP contribution in [0.2, 0.25) is 0 Å². The summed E-state index contributed by atoms with van der Waals surface area (Å²) in [6, 6.07) is -0.964. The molecule has 0 radical (unpaired) electrons. The molecule has 0 spiro atoms. The van der Waals surface area contributed by atoms with Crippen molar-refractivity contribution >= 4 is 11.9 Å². The largest absolute Gasteiger partial charge is 0.480 e. The van der Waals surface area contributed by atoms with Gasteiger partial charge in [0.25, 0.3) is 0 Å². The van der Waals surface area contributed by atoms with Crippen LogP contribution in [0.25, 0.3) is 0 Å². The quantitative estimate of drug-likeness (QED) is 0.640.